The van der Waals surface area contributed by atoms with E-state index in [1.165, 1.54) is 57.2 Å². The van der Waals surface area contributed by atoms with Gasteiger partial charge in [0.1, 0.15) is 5.82 Å². The zero-order valence-electron chi connectivity index (χ0n) is 15.5. The molecule has 2 saturated heterocycles. The number of hydrogen-bond donors (Lipinski definition) is 1. The third-order valence-corrected chi connectivity index (χ3v) is 6.18. The van der Waals surface area contributed by atoms with Crippen molar-refractivity contribution in [1.29, 1.82) is 0 Å². The molecule has 0 amide bonds. The number of pyridine rings is 1. The fraction of sp³-hybridized carbons (Fsp3) is 0.700. The zero-order chi connectivity index (χ0) is 17.1. The first-order valence-corrected chi connectivity index (χ1v) is 9.99. The molecule has 25 heavy (non-hydrogen) atoms. The topological polar surface area (TPSA) is 43.8 Å². The first kappa shape index (κ1) is 16.7. The van der Waals surface area contributed by atoms with Crippen LogP contribution in [0, 0.1) is 11.8 Å². The molecular formula is C20H31N5. The molecule has 1 aromatic rings. The monoisotopic (exact) mass is 341 g/mol. The molecule has 5 nitrogen and oxygen atoms in total. The van der Waals surface area contributed by atoms with Gasteiger partial charge in [-0.3, -0.25) is 4.99 Å². The molecule has 2 unspecified atom stereocenters. The maximum absolute atomic E-state index is 4.65. The second-order valence-electron chi connectivity index (χ2n) is 7.83. The van der Waals surface area contributed by atoms with Crippen LogP contribution < -0.4 is 10.2 Å². The van der Waals surface area contributed by atoms with Crippen LogP contribution in [0.5, 0.6) is 0 Å². The highest BCUT2D eigenvalue weighted by molar-refractivity contribution is 5.80. The fourth-order valence-electron chi connectivity index (χ4n) is 4.75. The normalized spacial score (nSPS) is 26.8. The lowest BCUT2D eigenvalue weighted by Crippen LogP contribution is -2.39. The first-order chi connectivity index (χ1) is 12.3. The third kappa shape index (κ3) is 3.75. The van der Waals surface area contributed by atoms with Gasteiger partial charge in [0.15, 0.2) is 5.96 Å². The van der Waals surface area contributed by atoms with Crippen molar-refractivity contribution in [2.24, 2.45) is 16.8 Å². The van der Waals surface area contributed by atoms with Crippen LogP contribution in [0.2, 0.25) is 0 Å². The van der Waals surface area contributed by atoms with Gasteiger partial charge in [0.2, 0.25) is 0 Å². The van der Waals surface area contributed by atoms with Crippen LogP contribution in [0.25, 0.3) is 0 Å². The van der Waals surface area contributed by atoms with Gasteiger partial charge in [-0.2, -0.15) is 0 Å². The number of guanidine groups is 1. The lowest BCUT2D eigenvalue weighted by molar-refractivity contribution is 0.299. The Labute approximate surface area is 151 Å². The van der Waals surface area contributed by atoms with Crippen molar-refractivity contribution in [3.8, 4) is 0 Å². The standard InChI is InChI=1S/C20H31N5/c1-21-20(25-14-17-6-2-3-7-18(17)15-25)23-13-16-8-9-19(22-12-16)24-10-4-5-11-24/h8-9,12,17-18H,2-7,10-11,13-15H2,1H3,(H,21,23). The molecule has 1 saturated carbocycles. The number of nitrogens with one attached hydrogen (secondary N) is 1. The van der Waals surface area contributed by atoms with Crippen molar-refractivity contribution in [3.63, 3.8) is 0 Å². The first-order valence-electron chi connectivity index (χ1n) is 9.99. The van der Waals surface area contributed by atoms with E-state index in [0.717, 1.165) is 43.2 Å². The van der Waals surface area contributed by atoms with E-state index in [1.807, 2.05) is 13.2 Å². The minimum atomic E-state index is 0.797. The average Bonchev–Trinajstić information content (AvgIpc) is 3.32. The molecule has 3 aliphatic rings. The Kier molecular flexibility index (Phi) is 5.09. The number of anilines is 1. The Balaban J connectivity index is 1.32. The number of aromatic nitrogens is 1. The van der Waals surface area contributed by atoms with Crippen LogP contribution in [-0.4, -0.2) is 49.1 Å². The Morgan fingerprint density at radius 3 is 2.44 bits per heavy atom. The minimum Gasteiger partial charge on any atom is -0.357 e. The predicted molar refractivity (Wildman–Crippen MR) is 103 cm³/mol. The van der Waals surface area contributed by atoms with Crippen LogP contribution in [0.1, 0.15) is 44.1 Å². The summed E-state index contributed by atoms with van der Waals surface area (Å²) in [5.41, 5.74) is 1.22. The molecule has 136 valence electrons. The Bertz CT molecular complexity index is 577. The Morgan fingerprint density at radius 1 is 1.12 bits per heavy atom. The van der Waals surface area contributed by atoms with E-state index < -0.39 is 0 Å². The van der Waals surface area contributed by atoms with Crippen LogP contribution in [0.4, 0.5) is 5.82 Å². The van der Waals surface area contributed by atoms with E-state index in [1.54, 1.807) is 0 Å². The number of likely N-dealkylation sites (tertiary alicyclic amines) is 1. The summed E-state index contributed by atoms with van der Waals surface area (Å²) in [5.74, 6) is 3.94. The summed E-state index contributed by atoms with van der Waals surface area (Å²) in [5, 5.41) is 3.55. The fourth-order valence-corrected chi connectivity index (χ4v) is 4.75. The molecule has 2 atom stereocenters. The molecule has 0 bridgehead atoms. The molecule has 4 rings (SSSR count). The van der Waals surface area contributed by atoms with E-state index >= 15 is 0 Å². The third-order valence-electron chi connectivity index (χ3n) is 6.18. The van der Waals surface area contributed by atoms with E-state index in [0.29, 0.717) is 0 Å². The smallest absolute Gasteiger partial charge is 0.193 e. The summed E-state index contributed by atoms with van der Waals surface area (Å²) in [6.45, 7) is 5.45. The highest BCUT2D eigenvalue weighted by Crippen LogP contribution is 2.35. The second kappa shape index (κ2) is 7.63. The molecule has 2 aliphatic heterocycles. The summed E-state index contributed by atoms with van der Waals surface area (Å²) in [7, 11) is 1.90. The summed E-state index contributed by atoms with van der Waals surface area (Å²) in [6.07, 6.45) is 10.2. The van der Waals surface area contributed by atoms with Crippen molar-refractivity contribution >= 4 is 11.8 Å². The maximum Gasteiger partial charge on any atom is 0.193 e. The van der Waals surface area contributed by atoms with E-state index in [2.05, 4.69) is 37.2 Å². The average molecular weight is 342 g/mol. The molecule has 3 fully saturated rings. The van der Waals surface area contributed by atoms with Crippen molar-refractivity contribution in [1.82, 2.24) is 15.2 Å². The van der Waals surface area contributed by atoms with E-state index in [4.69, 9.17) is 0 Å². The largest absolute Gasteiger partial charge is 0.357 e. The number of fused-ring (bicyclic) bond motifs is 1. The molecule has 0 aromatic carbocycles. The van der Waals surface area contributed by atoms with Crippen LogP contribution >= 0.6 is 0 Å². The molecule has 5 heteroatoms. The molecular weight excluding hydrogens is 310 g/mol. The van der Waals surface area contributed by atoms with Crippen molar-refractivity contribution in [2.75, 3.05) is 38.1 Å². The Morgan fingerprint density at radius 2 is 1.84 bits per heavy atom. The minimum absolute atomic E-state index is 0.797. The van der Waals surface area contributed by atoms with Gasteiger partial charge in [-0.15, -0.1) is 0 Å². The van der Waals surface area contributed by atoms with Crippen LogP contribution in [-0.2, 0) is 6.54 Å². The molecule has 0 spiro atoms. The van der Waals surface area contributed by atoms with Gasteiger partial charge in [-0.05, 0) is 49.1 Å². The van der Waals surface area contributed by atoms with Gasteiger partial charge in [-0.1, -0.05) is 18.9 Å². The molecule has 3 heterocycles. The lowest BCUT2D eigenvalue weighted by atomic mass is 9.82. The van der Waals surface area contributed by atoms with Crippen molar-refractivity contribution < 1.29 is 0 Å². The Hall–Kier alpha value is -1.78. The van der Waals surface area contributed by atoms with Crippen LogP contribution in [0.15, 0.2) is 23.3 Å². The quantitative estimate of drug-likeness (QED) is 0.678. The van der Waals surface area contributed by atoms with Gasteiger partial charge in [0.25, 0.3) is 0 Å². The number of nitrogens with zero attached hydrogens (tertiary/aromatic N) is 4. The number of hydrogen-bond acceptors (Lipinski definition) is 3. The van der Waals surface area contributed by atoms with Crippen molar-refractivity contribution in [3.05, 3.63) is 23.9 Å². The summed E-state index contributed by atoms with van der Waals surface area (Å²) in [4.78, 5) is 14.0. The van der Waals surface area contributed by atoms with Gasteiger partial charge < -0.3 is 15.1 Å². The highest BCUT2D eigenvalue weighted by atomic mass is 15.3. The van der Waals surface area contributed by atoms with Gasteiger partial charge in [-0.25, -0.2) is 4.98 Å². The molecule has 0 radical (unpaired) electrons. The van der Waals surface area contributed by atoms with Gasteiger partial charge in [0.05, 0.1) is 0 Å². The maximum atomic E-state index is 4.65. The molecule has 1 aliphatic carbocycles. The van der Waals surface area contributed by atoms with Gasteiger partial charge >= 0.3 is 0 Å². The summed E-state index contributed by atoms with van der Waals surface area (Å²) < 4.78 is 0. The van der Waals surface area contributed by atoms with Crippen molar-refractivity contribution in [2.45, 2.75) is 45.1 Å². The predicted octanol–water partition coefficient (Wildman–Crippen LogP) is 2.88. The summed E-state index contributed by atoms with van der Waals surface area (Å²) in [6, 6.07) is 4.36. The molecule has 1 aromatic heterocycles. The number of aliphatic imine (C=N–C) groups is 1. The van der Waals surface area contributed by atoms with Gasteiger partial charge in [0, 0.05) is 46.0 Å². The summed E-state index contributed by atoms with van der Waals surface area (Å²) >= 11 is 0. The lowest BCUT2D eigenvalue weighted by Gasteiger charge is -2.22. The van der Waals surface area contributed by atoms with Crippen LogP contribution in [0.3, 0.4) is 0 Å². The number of rotatable bonds is 3. The SMILES string of the molecule is CN=C(NCc1ccc(N2CCCC2)nc1)N1CC2CCCCC2C1. The molecule has 1 N–H and O–H groups in total. The zero-order valence-corrected chi connectivity index (χ0v) is 15.5. The van der Waals surface area contributed by atoms with E-state index in [9.17, 15) is 0 Å². The highest BCUT2D eigenvalue weighted by Gasteiger charge is 2.35. The second-order valence-corrected chi connectivity index (χ2v) is 7.83. The van der Waals surface area contributed by atoms with E-state index in [-0.39, 0.29) is 0 Å².